The van der Waals surface area contributed by atoms with Gasteiger partial charge in [0.2, 0.25) is 0 Å². The highest BCUT2D eigenvalue weighted by atomic mass is 79.9. The lowest BCUT2D eigenvalue weighted by atomic mass is 10.2. The average molecular weight is 342 g/mol. The minimum atomic E-state index is -0.613. The number of aromatic amines is 1. The number of nitrogens with zero attached hydrogens (tertiary/aromatic N) is 1. The van der Waals surface area contributed by atoms with Gasteiger partial charge in [-0.2, -0.15) is 0 Å². The van der Waals surface area contributed by atoms with E-state index < -0.39 is 16.6 Å². The predicted molar refractivity (Wildman–Crippen MR) is 74.2 cm³/mol. The number of carbonyl (C=O) groups is 1. The van der Waals surface area contributed by atoms with Gasteiger partial charge >= 0.3 is 0 Å². The van der Waals surface area contributed by atoms with E-state index in [0.29, 0.717) is 15.7 Å². The van der Waals surface area contributed by atoms with Crippen molar-refractivity contribution in [1.82, 2.24) is 4.98 Å². The number of anilines is 1. The van der Waals surface area contributed by atoms with E-state index in [-0.39, 0.29) is 11.4 Å². The number of amides is 1. The molecule has 0 bridgehead atoms. The van der Waals surface area contributed by atoms with Crippen LogP contribution in [0.25, 0.3) is 0 Å². The van der Waals surface area contributed by atoms with Gasteiger partial charge in [-0.25, -0.2) is 4.39 Å². The molecule has 1 aromatic carbocycles. The van der Waals surface area contributed by atoms with Gasteiger partial charge in [-0.1, -0.05) is 0 Å². The Hall–Kier alpha value is -2.22. The zero-order chi connectivity index (χ0) is 14.9. The first-order valence-corrected chi connectivity index (χ1v) is 6.27. The van der Waals surface area contributed by atoms with E-state index in [9.17, 15) is 19.3 Å². The zero-order valence-corrected chi connectivity index (χ0v) is 11.8. The summed E-state index contributed by atoms with van der Waals surface area (Å²) in [5.74, 6) is -1.09. The number of carbonyl (C=O) groups excluding carboxylic acids is 1. The number of hydrogen-bond donors (Lipinski definition) is 2. The molecule has 0 aliphatic carbocycles. The Bertz CT molecular complexity index is 699. The maximum Gasteiger partial charge on any atom is 0.287 e. The van der Waals surface area contributed by atoms with Gasteiger partial charge < -0.3 is 10.3 Å². The molecule has 2 rings (SSSR count). The van der Waals surface area contributed by atoms with Crippen LogP contribution in [0.4, 0.5) is 15.8 Å². The van der Waals surface area contributed by atoms with E-state index in [2.05, 4.69) is 26.2 Å². The van der Waals surface area contributed by atoms with E-state index in [4.69, 9.17) is 0 Å². The van der Waals surface area contributed by atoms with Crippen molar-refractivity contribution in [2.75, 3.05) is 5.32 Å². The molecule has 0 saturated carbocycles. The maximum absolute atomic E-state index is 13.4. The van der Waals surface area contributed by atoms with Gasteiger partial charge in [0.25, 0.3) is 11.6 Å². The fourth-order valence-electron chi connectivity index (χ4n) is 1.59. The van der Waals surface area contributed by atoms with Gasteiger partial charge in [-0.05, 0) is 40.5 Å². The van der Waals surface area contributed by atoms with Crippen LogP contribution in [0.15, 0.2) is 28.9 Å². The molecule has 0 saturated heterocycles. The second-order valence-corrected chi connectivity index (χ2v) is 4.92. The van der Waals surface area contributed by atoms with Crippen molar-refractivity contribution in [3.8, 4) is 0 Å². The van der Waals surface area contributed by atoms with Crippen LogP contribution >= 0.6 is 15.9 Å². The van der Waals surface area contributed by atoms with Crippen molar-refractivity contribution in [3.63, 3.8) is 0 Å². The summed E-state index contributed by atoms with van der Waals surface area (Å²) < 4.78 is 13.7. The Morgan fingerprint density at radius 3 is 2.75 bits per heavy atom. The largest absolute Gasteiger partial charge is 0.351 e. The third-order valence-corrected chi connectivity index (χ3v) is 3.25. The molecule has 0 fully saturated rings. The highest BCUT2D eigenvalue weighted by molar-refractivity contribution is 9.10. The van der Waals surface area contributed by atoms with Crippen LogP contribution in [0.5, 0.6) is 0 Å². The number of benzene rings is 1. The van der Waals surface area contributed by atoms with Crippen molar-refractivity contribution in [1.29, 1.82) is 0 Å². The molecule has 6 nitrogen and oxygen atoms in total. The first-order chi connectivity index (χ1) is 9.38. The summed E-state index contributed by atoms with van der Waals surface area (Å²) in [7, 11) is 0. The normalized spacial score (nSPS) is 10.3. The standard InChI is InChI=1S/C12H9BrFN3O3/c1-6-2-8(13)9(14)4-10(6)16-12(18)11-3-7(5-15-11)17(19)20/h2-5,15H,1H3,(H,16,18). The average Bonchev–Trinajstić information content (AvgIpc) is 2.85. The molecule has 1 amide bonds. The Labute approximate surface area is 121 Å². The second kappa shape index (κ2) is 5.41. The van der Waals surface area contributed by atoms with Gasteiger partial charge in [0.05, 0.1) is 15.6 Å². The summed E-state index contributed by atoms with van der Waals surface area (Å²) in [6.45, 7) is 1.71. The molecular weight excluding hydrogens is 333 g/mol. The Morgan fingerprint density at radius 1 is 1.45 bits per heavy atom. The lowest BCUT2D eigenvalue weighted by Gasteiger charge is -2.08. The van der Waals surface area contributed by atoms with Gasteiger partial charge in [-0.3, -0.25) is 14.9 Å². The molecule has 1 heterocycles. The van der Waals surface area contributed by atoms with Crippen molar-refractivity contribution >= 4 is 33.2 Å². The lowest BCUT2D eigenvalue weighted by Crippen LogP contribution is -2.13. The molecule has 8 heteroatoms. The fraction of sp³-hybridized carbons (Fsp3) is 0.0833. The first kappa shape index (κ1) is 14.2. The van der Waals surface area contributed by atoms with Crippen molar-refractivity contribution in [2.24, 2.45) is 0 Å². The molecule has 0 aliphatic rings. The summed E-state index contributed by atoms with van der Waals surface area (Å²) in [6.07, 6.45) is 1.12. The molecule has 0 radical (unpaired) electrons. The zero-order valence-electron chi connectivity index (χ0n) is 10.2. The number of halogens is 2. The van der Waals surface area contributed by atoms with Crippen LogP contribution in [0, 0.1) is 22.9 Å². The van der Waals surface area contributed by atoms with E-state index in [1.807, 2.05) is 0 Å². The third-order valence-electron chi connectivity index (χ3n) is 2.64. The highest BCUT2D eigenvalue weighted by Gasteiger charge is 2.16. The van der Waals surface area contributed by atoms with Gasteiger partial charge in [0.15, 0.2) is 0 Å². The molecule has 2 aromatic rings. The van der Waals surface area contributed by atoms with E-state index in [1.165, 1.54) is 12.1 Å². The minimum Gasteiger partial charge on any atom is -0.351 e. The van der Waals surface area contributed by atoms with Crippen molar-refractivity contribution in [2.45, 2.75) is 6.92 Å². The number of aromatic nitrogens is 1. The molecule has 104 valence electrons. The number of hydrogen-bond acceptors (Lipinski definition) is 3. The number of nitrogens with one attached hydrogen (secondary N) is 2. The van der Waals surface area contributed by atoms with Crippen LogP contribution in [-0.2, 0) is 0 Å². The van der Waals surface area contributed by atoms with Crippen molar-refractivity contribution < 1.29 is 14.1 Å². The molecule has 20 heavy (non-hydrogen) atoms. The van der Waals surface area contributed by atoms with E-state index in [1.54, 1.807) is 6.92 Å². The smallest absolute Gasteiger partial charge is 0.287 e. The third kappa shape index (κ3) is 2.85. The predicted octanol–water partition coefficient (Wildman–Crippen LogP) is 3.39. The minimum absolute atomic E-state index is 0.0272. The van der Waals surface area contributed by atoms with Gasteiger partial charge in [0.1, 0.15) is 11.5 Å². The SMILES string of the molecule is Cc1cc(Br)c(F)cc1NC(=O)c1cc([N+](=O)[O-])c[nH]1. The molecule has 0 aliphatic heterocycles. The fourth-order valence-corrected chi connectivity index (χ4v) is 2.05. The van der Waals surface area contributed by atoms with Crippen LogP contribution in [0.1, 0.15) is 16.1 Å². The molecular formula is C12H9BrFN3O3. The molecule has 0 spiro atoms. The highest BCUT2D eigenvalue weighted by Crippen LogP contribution is 2.24. The summed E-state index contributed by atoms with van der Waals surface area (Å²) in [5, 5.41) is 13.0. The van der Waals surface area contributed by atoms with Gasteiger partial charge in [-0.15, -0.1) is 0 Å². The maximum atomic E-state index is 13.4. The summed E-state index contributed by atoms with van der Waals surface area (Å²) >= 11 is 3.04. The topological polar surface area (TPSA) is 88.0 Å². The Kier molecular flexibility index (Phi) is 3.84. The van der Waals surface area contributed by atoms with E-state index >= 15 is 0 Å². The number of H-pyrrole nitrogens is 1. The molecule has 2 N–H and O–H groups in total. The Morgan fingerprint density at radius 2 is 2.15 bits per heavy atom. The number of rotatable bonds is 3. The quantitative estimate of drug-likeness (QED) is 0.662. The summed E-state index contributed by atoms with van der Waals surface area (Å²) in [5.41, 5.74) is 0.772. The summed E-state index contributed by atoms with van der Waals surface area (Å²) in [4.78, 5) is 24.3. The number of aryl methyl sites for hydroxylation is 1. The lowest BCUT2D eigenvalue weighted by molar-refractivity contribution is -0.384. The van der Waals surface area contributed by atoms with Crippen LogP contribution in [0.2, 0.25) is 0 Å². The number of nitro groups is 1. The first-order valence-electron chi connectivity index (χ1n) is 5.48. The second-order valence-electron chi connectivity index (χ2n) is 4.06. The molecule has 1 aromatic heterocycles. The van der Waals surface area contributed by atoms with E-state index in [0.717, 1.165) is 12.3 Å². The molecule has 0 unspecified atom stereocenters. The van der Waals surface area contributed by atoms with Crippen LogP contribution in [-0.4, -0.2) is 15.8 Å². The van der Waals surface area contributed by atoms with Crippen LogP contribution in [0.3, 0.4) is 0 Å². The van der Waals surface area contributed by atoms with Gasteiger partial charge in [0, 0.05) is 11.8 Å². The van der Waals surface area contributed by atoms with Crippen molar-refractivity contribution in [3.05, 3.63) is 56.1 Å². The Balaban J connectivity index is 2.23. The molecule has 0 atom stereocenters. The summed E-state index contributed by atoms with van der Waals surface area (Å²) in [6, 6.07) is 3.82. The van der Waals surface area contributed by atoms with Crippen LogP contribution < -0.4 is 5.32 Å². The monoisotopic (exact) mass is 341 g/mol.